The van der Waals surface area contributed by atoms with Crippen LogP contribution >= 0.6 is 0 Å². The van der Waals surface area contributed by atoms with E-state index >= 15 is 0 Å². The highest BCUT2D eigenvalue weighted by Crippen LogP contribution is 2.30. The number of imidazole rings is 1. The molecule has 5 rings (SSSR count). The number of nitrogens with one attached hydrogen (secondary N) is 1. The van der Waals surface area contributed by atoms with Crippen LogP contribution in [0.15, 0.2) is 42.9 Å². The van der Waals surface area contributed by atoms with E-state index < -0.39 is 11.5 Å². The summed E-state index contributed by atoms with van der Waals surface area (Å²) in [7, 11) is 0. The molecule has 0 amide bonds. The molecule has 4 aromatic rings. The van der Waals surface area contributed by atoms with Crippen molar-refractivity contribution in [3.8, 4) is 28.5 Å². The Morgan fingerprint density at radius 2 is 1.82 bits per heavy atom. The number of hydrogen-bond donors (Lipinski definition) is 1. The monoisotopic (exact) mass is 449 g/mol. The summed E-state index contributed by atoms with van der Waals surface area (Å²) in [6.07, 6.45) is 10.5. The molecule has 3 aromatic heterocycles. The van der Waals surface area contributed by atoms with E-state index in [1.807, 2.05) is 0 Å². The fourth-order valence-corrected chi connectivity index (χ4v) is 4.10. The van der Waals surface area contributed by atoms with Crippen LogP contribution in [0.25, 0.3) is 33.8 Å². The highest BCUT2D eigenvalue weighted by Gasteiger charge is 2.21. The molecule has 6 nitrogen and oxygen atoms in total. The molecule has 1 aliphatic carbocycles. The Kier molecular flexibility index (Phi) is 5.52. The van der Waals surface area contributed by atoms with Crippen LogP contribution in [-0.4, -0.2) is 31.0 Å². The molecule has 0 spiro atoms. The predicted molar refractivity (Wildman–Crippen MR) is 122 cm³/mol. The molecule has 8 heteroatoms. The van der Waals surface area contributed by atoms with Crippen molar-refractivity contribution in [1.82, 2.24) is 24.9 Å². The van der Waals surface area contributed by atoms with Gasteiger partial charge in [-0.1, -0.05) is 12.5 Å². The molecule has 1 fully saturated rings. The summed E-state index contributed by atoms with van der Waals surface area (Å²) in [5, 5.41) is 0. The Morgan fingerprint density at radius 3 is 2.52 bits per heavy atom. The van der Waals surface area contributed by atoms with Gasteiger partial charge in [0.1, 0.15) is 23.4 Å². The lowest BCUT2D eigenvalue weighted by molar-refractivity contribution is 0.148. The molecule has 0 saturated heterocycles. The number of aromatic amines is 1. The summed E-state index contributed by atoms with van der Waals surface area (Å²) < 4.78 is 35.1. The molecule has 33 heavy (non-hydrogen) atoms. The zero-order valence-electron chi connectivity index (χ0n) is 18.6. The molecular formula is C25H25F2N5O. The van der Waals surface area contributed by atoms with Crippen LogP contribution < -0.4 is 4.74 Å². The number of fused-ring (bicyclic) bond motifs is 1. The summed E-state index contributed by atoms with van der Waals surface area (Å²) in [6, 6.07) is 6.45. The van der Waals surface area contributed by atoms with Crippen LogP contribution in [0.3, 0.4) is 0 Å². The average Bonchev–Trinajstić information content (AvgIpc) is 3.23. The first kappa shape index (κ1) is 21.4. The van der Waals surface area contributed by atoms with Gasteiger partial charge in [0, 0.05) is 17.3 Å². The second kappa shape index (κ2) is 8.50. The van der Waals surface area contributed by atoms with Crippen molar-refractivity contribution < 1.29 is 13.5 Å². The first-order valence-corrected chi connectivity index (χ1v) is 11.2. The lowest BCUT2D eigenvalue weighted by Crippen LogP contribution is -2.20. The van der Waals surface area contributed by atoms with E-state index in [1.54, 1.807) is 30.6 Å². The van der Waals surface area contributed by atoms with Crippen LogP contribution in [0, 0.1) is 5.82 Å². The molecule has 0 unspecified atom stereocenters. The zero-order valence-corrected chi connectivity index (χ0v) is 18.6. The third-order valence-corrected chi connectivity index (χ3v) is 6.01. The van der Waals surface area contributed by atoms with E-state index in [9.17, 15) is 8.78 Å². The van der Waals surface area contributed by atoms with Crippen molar-refractivity contribution in [1.29, 1.82) is 0 Å². The Morgan fingerprint density at radius 1 is 1.00 bits per heavy atom. The van der Waals surface area contributed by atoms with E-state index in [-0.39, 0.29) is 6.10 Å². The summed E-state index contributed by atoms with van der Waals surface area (Å²) >= 11 is 0. The number of rotatable bonds is 5. The minimum atomic E-state index is -1.53. The van der Waals surface area contributed by atoms with Crippen LogP contribution in [0.5, 0.6) is 5.88 Å². The van der Waals surface area contributed by atoms with Crippen molar-refractivity contribution in [3.05, 3.63) is 54.2 Å². The van der Waals surface area contributed by atoms with Gasteiger partial charge in [-0.15, -0.1) is 0 Å². The van der Waals surface area contributed by atoms with Gasteiger partial charge in [-0.3, -0.25) is 0 Å². The smallest absolute Gasteiger partial charge is 0.232 e. The number of pyridine rings is 1. The minimum absolute atomic E-state index is 0.195. The van der Waals surface area contributed by atoms with Gasteiger partial charge in [-0.05, 0) is 57.7 Å². The van der Waals surface area contributed by atoms with Gasteiger partial charge >= 0.3 is 0 Å². The third-order valence-electron chi connectivity index (χ3n) is 6.01. The minimum Gasteiger partial charge on any atom is -0.473 e. The molecule has 1 aliphatic rings. The standard InChI is InChI=1S/C25H25F2N5O/c1-25(2,27)16-11-20-24(30-12-16)32-23(31-20)18-9-8-15(10-19(18)26)21-13-29-22(14-28-21)33-17-6-4-3-5-7-17/h8-14,17H,3-7H2,1-2H3,(H,30,31,32). The fraction of sp³-hybridized carbons (Fsp3) is 0.360. The largest absolute Gasteiger partial charge is 0.473 e. The molecule has 3 heterocycles. The topological polar surface area (TPSA) is 76.6 Å². The van der Waals surface area contributed by atoms with Crippen molar-refractivity contribution in [2.75, 3.05) is 0 Å². The van der Waals surface area contributed by atoms with Crippen LogP contribution in [0.4, 0.5) is 8.78 Å². The summed E-state index contributed by atoms with van der Waals surface area (Å²) in [5.41, 5.74) is 1.30. The van der Waals surface area contributed by atoms with Crippen molar-refractivity contribution >= 4 is 11.2 Å². The number of benzene rings is 1. The van der Waals surface area contributed by atoms with Crippen LogP contribution in [-0.2, 0) is 5.67 Å². The van der Waals surface area contributed by atoms with E-state index in [0.29, 0.717) is 45.3 Å². The van der Waals surface area contributed by atoms with Gasteiger partial charge < -0.3 is 9.72 Å². The number of ether oxygens (including phenoxy) is 1. The summed E-state index contributed by atoms with van der Waals surface area (Å²) in [4.78, 5) is 20.4. The third kappa shape index (κ3) is 4.55. The van der Waals surface area contributed by atoms with Crippen LogP contribution in [0.2, 0.25) is 0 Å². The number of halogens is 2. The van der Waals surface area contributed by atoms with Crippen molar-refractivity contribution in [3.63, 3.8) is 0 Å². The maximum atomic E-state index is 15.0. The highest BCUT2D eigenvalue weighted by molar-refractivity contribution is 5.77. The Bertz CT molecular complexity index is 1270. The molecule has 1 saturated carbocycles. The first-order chi connectivity index (χ1) is 15.9. The number of H-pyrrole nitrogens is 1. The molecule has 170 valence electrons. The summed E-state index contributed by atoms with van der Waals surface area (Å²) in [5.74, 6) is 0.368. The second-order valence-corrected chi connectivity index (χ2v) is 8.97. The number of nitrogens with zero attached hydrogens (tertiary/aromatic N) is 4. The maximum Gasteiger partial charge on any atom is 0.232 e. The van der Waals surface area contributed by atoms with Gasteiger partial charge in [-0.2, -0.15) is 0 Å². The fourth-order valence-electron chi connectivity index (χ4n) is 4.10. The van der Waals surface area contributed by atoms with E-state index in [1.165, 1.54) is 45.4 Å². The lowest BCUT2D eigenvalue weighted by Gasteiger charge is -2.22. The van der Waals surface area contributed by atoms with Gasteiger partial charge in [-0.25, -0.2) is 28.7 Å². The van der Waals surface area contributed by atoms with Crippen molar-refractivity contribution in [2.45, 2.75) is 57.7 Å². The molecule has 0 atom stereocenters. The Balaban J connectivity index is 1.37. The molecule has 0 bridgehead atoms. The number of hydrogen-bond acceptors (Lipinski definition) is 5. The SMILES string of the molecule is CC(C)(F)c1cnc2nc(-c3ccc(-c4cnc(OC5CCCCC5)cn4)cc3F)[nH]c2c1. The average molecular weight is 450 g/mol. The number of alkyl halides is 1. The first-order valence-electron chi connectivity index (χ1n) is 11.2. The normalized spacial score (nSPS) is 15.2. The van der Waals surface area contributed by atoms with Gasteiger partial charge in [0.05, 0.1) is 29.2 Å². The van der Waals surface area contributed by atoms with E-state index in [0.717, 1.165) is 12.8 Å². The zero-order chi connectivity index (χ0) is 23.0. The number of aromatic nitrogens is 5. The Hall–Kier alpha value is -3.42. The molecule has 0 aliphatic heterocycles. The molecule has 1 aromatic carbocycles. The molecular weight excluding hydrogens is 424 g/mol. The lowest BCUT2D eigenvalue weighted by atomic mass is 9.98. The maximum absolute atomic E-state index is 15.0. The van der Waals surface area contributed by atoms with Crippen molar-refractivity contribution in [2.24, 2.45) is 0 Å². The van der Waals surface area contributed by atoms with E-state index in [4.69, 9.17) is 4.74 Å². The molecule has 1 N–H and O–H groups in total. The quantitative estimate of drug-likeness (QED) is 0.396. The highest BCUT2D eigenvalue weighted by atomic mass is 19.1. The summed E-state index contributed by atoms with van der Waals surface area (Å²) in [6.45, 7) is 2.92. The van der Waals surface area contributed by atoms with Crippen LogP contribution in [0.1, 0.15) is 51.5 Å². The second-order valence-electron chi connectivity index (χ2n) is 8.97. The van der Waals surface area contributed by atoms with Gasteiger partial charge in [0.25, 0.3) is 0 Å². The van der Waals surface area contributed by atoms with E-state index in [2.05, 4.69) is 24.9 Å². The Labute approximate surface area is 190 Å². The molecule has 0 radical (unpaired) electrons. The van der Waals surface area contributed by atoms with Gasteiger partial charge in [0.2, 0.25) is 5.88 Å². The van der Waals surface area contributed by atoms with Gasteiger partial charge in [0.15, 0.2) is 5.65 Å². The predicted octanol–water partition coefficient (Wildman–Crippen LogP) is 6.14.